The Labute approximate surface area is 195 Å². The molecule has 164 valence electrons. The number of benzene rings is 1. The fourth-order valence-corrected chi connectivity index (χ4v) is 6.17. The molecule has 3 aliphatic rings. The maximum atomic E-state index is 13.0. The van der Waals surface area contributed by atoms with Crippen LogP contribution in [0.3, 0.4) is 0 Å². The normalized spacial score (nSPS) is 23.6. The molecule has 2 fully saturated rings. The fraction of sp³-hybridized carbons (Fsp3) is 0.333. The number of rotatable bonds is 4. The lowest BCUT2D eigenvalue weighted by Crippen LogP contribution is -2.49. The van der Waals surface area contributed by atoms with E-state index in [4.69, 9.17) is 12.2 Å². The van der Waals surface area contributed by atoms with Gasteiger partial charge in [0, 0.05) is 50.3 Å². The average Bonchev–Trinajstić information content (AvgIpc) is 3.05. The van der Waals surface area contributed by atoms with Crippen LogP contribution in [0.5, 0.6) is 0 Å². The second kappa shape index (κ2) is 8.67. The Morgan fingerprint density at radius 2 is 1.88 bits per heavy atom. The molecule has 0 radical (unpaired) electrons. The summed E-state index contributed by atoms with van der Waals surface area (Å²) in [7, 11) is 0. The van der Waals surface area contributed by atoms with Gasteiger partial charge < -0.3 is 9.47 Å². The van der Waals surface area contributed by atoms with Crippen molar-refractivity contribution in [1.29, 1.82) is 0 Å². The topological polar surface area (TPSA) is 62.6 Å². The van der Waals surface area contributed by atoms with Gasteiger partial charge in [-0.05, 0) is 30.0 Å². The highest BCUT2D eigenvalue weighted by Crippen LogP contribution is 2.36. The van der Waals surface area contributed by atoms with Gasteiger partial charge in [-0.3, -0.25) is 19.3 Å². The van der Waals surface area contributed by atoms with Gasteiger partial charge in [0.2, 0.25) is 5.91 Å². The van der Waals surface area contributed by atoms with Gasteiger partial charge in [-0.2, -0.15) is 0 Å². The van der Waals surface area contributed by atoms with Crippen molar-refractivity contribution in [2.45, 2.75) is 25.3 Å². The molecule has 0 aliphatic carbocycles. The highest BCUT2D eigenvalue weighted by molar-refractivity contribution is 8.26. The van der Waals surface area contributed by atoms with E-state index >= 15 is 0 Å². The second-order valence-electron chi connectivity index (χ2n) is 8.49. The Bertz CT molecular complexity index is 1170. The molecule has 2 amide bonds. The number of nitrogens with zero attached hydrogens (tertiary/aromatic N) is 3. The third-order valence-corrected chi connectivity index (χ3v) is 7.73. The van der Waals surface area contributed by atoms with Crippen LogP contribution >= 0.6 is 24.0 Å². The number of hydrogen-bond acceptors (Lipinski definition) is 5. The standard InChI is InChI=1S/C24H23N3O3S2/c28-21(25-13-17-11-18(15-25)19-7-4-8-22(29)27(19)14-17)9-10-26-23(30)20(32-24(26)31)12-16-5-2-1-3-6-16/h1-8,12,17-18H,9-11,13-15H2/b20-12+/t17-,18+/m1/s1. The summed E-state index contributed by atoms with van der Waals surface area (Å²) in [6.07, 6.45) is 3.09. The van der Waals surface area contributed by atoms with Gasteiger partial charge in [0.15, 0.2) is 0 Å². The second-order valence-corrected chi connectivity index (χ2v) is 10.2. The monoisotopic (exact) mass is 465 g/mol. The summed E-state index contributed by atoms with van der Waals surface area (Å²) in [6.45, 7) is 2.22. The van der Waals surface area contributed by atoms with Crippen LogP contribution in [0.25, 0.3) is 6.08 Å². The number of pyridine rings is 1. The minimum atomic E-state index is -0.138. The molecule has 5 rings (SSSR count). The number of fused-ring (bicyclic) bond motifs is 4. The van der Waals surface area contributed by atoms with Crippen molar-refractivity contribution in [3.63, 3.8) is 0 Å². The Kier molecular flexibility index (Phi) is 5.73. The fourth-order valence-electron chi connectivity index (χ4n) is 4.86. The van der Waals surface area contributed by atoms with E-state index in [9.17, 15) is 14.4 Å². The van der Waals surface area contributed by atoms with Crippen LogP contribution < -0.4 is 5.56 Å². The van der Waals surface area contributed by atoms with Crippen LogP contribution in [-0.4, -0.2) is 50.1 Å². The summed E-state index contributed by atoms with van der Waals surface area (Å²) in [4.78, 5) is 42.0. The molecule has 0 spiro atoms. The first kappa shape index (κ1) is 21.2. The van der Waals surface area contributed by atoms with E-state index in [-0.39, 0.29) is 42.2 Å². The zero-order valence-electron chi connectivity index (χ0n) is 17.5. The number of amides is 2. The van der Waals surface area contributed by atoms with Crippen LogP contribution in [0.2, 0.25) is 0 Å². The molecule has 4 heterocycles. The SMILES string of the molecule is O=C(CCN1C(=O)/C(=C\c2ccccc2)SC1=S)N1C[C@H]2C[C@@H](C1)c1cccc(=O)n1C2. The van der Waals surface area contributed by atoms with Crippen molar-refractivity contribution in [2.75, 3.05) is 19.6 Å². The van der Waals surface area contributed by atoms with Crippen molar-refractivity contribution < 1.29 is 9.59 Å². The first-order valence-electron chi connectivity index (χ1n) is 10.8. The van der Waals surface area contributed by atoms with Crippen molar-refractivity contribution >= 4 is 46.2 Å². The van der Waals surface area contributed by atoms with Crippen LogP contribution in [0.15, 0.2) is 58.2 Å². The van der Waals surface area contributed by atoms with E-state index < -0.39 is 0 Å². The predicted octanol–water partition coefficient (Wildman–Crippen LogP) is 3.09. The van der Waals surface area contributed by atoms with Crippen LogP contribution in [-0.2, 0) is 16.1 Å². The number of aromatic nitrogens is 1. The highest BCUT2D eigenvalue weighted by atomic mass is 32.2. The van der Waals surface area contributed by atoms with Crippen LogP contribution in [0.4, 0.5) is 0 Å². The average molecular weight is 466 g/mol. The van der Waals surface area contributed by atoms with E-state index in [0.29, 0.717) is 28.9 Å². The van der Waals surface area contributed by atoms with E-state index in [1.54, 1.807) is 12.1 Å². The number of piperidine rings is 1. The van der Waals surface area contributed by atoms with E-state index in [1.165, 1.54) is 16.7 Å². The van der Waals surface area contributed by atoms with Gasteiger partial charge >= 0.3 is 0 Å². The molecule has 6 nitrogen and oxygen atoms in total. The highest BCUT2D eigenvalue weighted by Gasteiger charge is 2.37. The van der Waals surface area contributed by atoms with Crippen molar-refractivity contribution in [1.82, 2.24) is 14.4 Å². The smallest absolute Gasteiger partial charge is 0.266 e. The molecule has 32 heavy (non-hydrogen) atoms. The Morgan fingerprint density at radius 1 is 1.06 bits per heavy atom. The Balaban J connectivity index is 1.23. The van der Waals surface area contributed by atoms with Gasteiger partial charge in [0.05, 0.1) is 4.91 Å². The number of likely N-dealkylation sites (tertiary alicyclic amines) is 1. The lowest BCUT2D eigenvalue weighted by atomic mass is 9.83. The molecule has 0 saturated carbocycles. The summed E-state index contributed by atoms with van der Waals surface area (Å²) in [5.41, 5.74) is 2.01. The maximum Gasteiger partial charge on any atom is 0.266 e. The largest absolute Gasteiger partial charge is 0.342 e. The molecule has 2 aromatic rings. The quantitative estimate of drug-likeness (QED) is 0.513. The third-order valence-electron chi connectivity index (χ3n) is 6.35. The van der Waals surface area contributed by atoms with E-state index in [1.807, 2.05) is 51.9 Å². The lowest BCUT2D eigenvalue weighted by molar-refractivity contribution is -0.134. The first-order valence-corrected chi connectivity index (χ1v) is 12.0. The molecule has 1 aromatic heterocycles. The Hall–Kier alpha value is -2.71. The van der Waals surface area contributed by atoms with Crippen molar-refractivity contribution in [2.24, 2.45) is 5.92 Å². The zero-order valence-corrected chi connectivity index (χ0v) is 19.1. The minimum Gasteiger partial charge on any atom is -0.342 e. The van der Waals surface area contributed by atoms with Gasteiger partial charge in [0.25, 0.3) is 11.5 Å². The molecular formula is C24H23N3O3S2. The zero-order chi connectivity index (χ0) is 22.2. The molecule has 8 heteroatoms. The van der Waals surface area contributed by atoms with E-state index in [2.05, 4.69) is 0 Å². The van der Waals surface area contributed by atoms with Crippen molar-refractivity contribution in [3.05, 3.63) is 75.0 Å². The molecule has 3 aliphatic heterocycles. The summed E-state index contributed by atoms with van der Waals surface area (Å²) in [5.74, 6) is 0.370. The van der Waals surface area contributed by atoms with Crippen LogP contribution in [0.1, 0.15) is 30.0 Å². The number of carbonyl (C=O) groups excluding carboxylic acids is 2. The summed E-state index contributed by atoms with van der Waals surface area (Å²) in [6, 6.07) is 15.1. The summed E-state index contributed by atoms with van der Waals surface area (Å²) < 4.78 is 2.36. The van der Waals surface area contributed by atoms with Gasteiger partial charge in [-0.1, -0.05) is 60.4 Å². The molecule has 2 saturated heterocycles. The first-order chi connectivity index (χ1) is 15.5. The summed E-state index contributed by atoms with van der Waals surface area (Å²) in [5, 5.41) is 0. The number of thioether (sulfide) groups is 1. The van der Waals surface area contributed by atoms with Crippen LogP contribution in [0, 0.1) is 5.92 Å². The van der Waals surface area contributed by atoms with E-state index in [0.717, 1.165) is 17.7 Å². The number of hydrogen-bond donors (Lipinski definition) is 0. The molecule has 2 bridgehead atoms. The predicted molar refractivity (Wildman–Crippen MR) is 129 cm³/mol. The van der Waals surface area contributed by atoms with Crippen molar-refractivity contribution in [3.8, 4) is 0 Å². The third kappa shape index (κ3) is 4.04. The van der Waals surface area contributed by atoms with Gasteiger partial charge in [-0.15, -0.1) is 0 Å². The number of carbonyl (C=O) groups is 2. The minimum absolute atomic E-state index is 0.0347. The maximum absolute atomic E-state index is 13.0. The number of thiocarbonyl (C=S) groups is 1. The lowest BCUT2D eigenvalue weighted by Gasteiger charge is -2.42. The van der Waals surface area contributed by atoms with Gasteiger partial charge in [-0.25, -0.2) is 0 Å². The molecule has 1 aromatic carbocycles. The van der Waals surface area contributed by atoms with Gasteiger partial charge in [0.1, 0.15) is 4.32 Å². The molecule has 2 atom stereocenters. The Morgan fingerprint density at radius 3 is 2.69 bits per heavy atom. The molecule has 0 N–H and O–H groups in total. The molecular weight excluding hydrogens is 442 g/mol. The molecule has 0 unspecified atom stereocenters. The summed E-state index contributed by atoms with van der Waals surface area (Å²) >= 11 is 6.69.